The molecule has 4 heterocycles. The van der Waals surface area contributed by atoms with Crippen LogP contribution in [0, 0.1) is 0 Å². The monoisotopic (exact) mass is 472 g/mol. The Labute approximate surface area is 201 Å². The molecule has 0 aliphatic carbocycles. The van der Waals surface area contributed by atoms with E-state index in [1.54, 1.807) is 22.6 Å². The van der Waals surface area contributed by atoms with Gasteiger partial charge in [-0.05, 0) is 42.1 Å². The Hall–Kier alpha value is -3.17. The molecule has 0 radical (unpaired) electrons. The molecular weight excluding hydrogens is 446 g/mol. The van der Waals surface area contributed by atoms with Crippen molar-refractivity contribution in [1.29, 1.82) is 0 Å². The van der Waals surface area contributed by atoms with Crippen molar-refractivity contribution in [2.45, 2.75) is 30.2 Å². The molecule has 1 aliphatic heterocycles. The number of benzene rings is 1. The molecular formula is C23H26B2N6O2S. The molecule has 172 valence electrons. The van der Waals surface area contributed by atoms with Crippen LogP contribution in [0.4, 0.5) is 5.82 Å². The minimum absolute atomic E-state index is 0.183. The first-order valence-electron chi connectivity index (χ1n) is 11.5. The lowest BCUT2D eigenvalue weighted by molar-refractivity contribution is 0.317. The Balaban J connectivity index is 1.35. The topological polar surface area (TPSA) is 92.5 Å². The van der Waals surface area contributed by atoms with Crippen LogP contribution in [0.5, 0.6) is 0 Å². The van der Waals surface area contributed by atoms with Crippen molar-refractivity contribution in [2.24, 2.45) is 0 Å². The first-order chi connectivity index (χ1) is 16.4. The Morgan fingerprint density at radius 2 is 1.82 bits per heavy atom. The van der Waals surface area contributed by atoms with Gasteiger partial charge in [0.15, 0.2) is 5.65 Å². The molecule has 0 amide bonds. The number of hydrogen-bond acceptors (Lipinski definition) is 6. The normalized spacial score (nSPS) is 15.5. The van der Waals surface area contributed by atoms with Gasteiger partial charge in [-0.3, -0.25) is 4.98 Å². The molecule has 1 aromatic carbocycles. The molecule has 1 N–H and O–H groups in total. The second-order valence-corrected chi connectivity index (χ2v) is 10.8. The SMILES string of the molecule is Bc1ccc(S(=O)(=O)N2CCC(c3cc(NCc4cccnc4)n4ncc(B)c4n3)CC2)cc1. The van der Waals surface area contributed by atoms with E-state index in [1.807, 2.05) is 62.9 Å². The first kappa shape index (κ1) is 22.6. The summed E-state index contributed by atoms with van der Waals surface area (Å²) in [5.74, 6) is 1.05. The predicted molar refractivity (Wildman–Crippen MR) is 138 cm³/mol. The zero-order valence-electron chi connectivity index (χ0n) is 19.3. The number of piperidine rings is 1. The van der Waals surface area contributed by atoms with Gasteiger partial charge in [-0.25, -0.2) is 13.4 Å². The fourth-order valence-corrected chi connectivity index (χ4v) is 5.84. The predicted octanol–water partition coefficient (Wildman–Crippen LogP) is -0.178. The summed E-state index contributed by atoms with van der Waals surface area (Å²) in [5, 5.41) is 7.96. The average molecular weight is 472 g/mol. The second kappa shape index (κ2) is 9.23. The molecule has 3 aromatic heterocycles. The smallest absolute Gasteiger partial charge is 0.243 e. The molecule has 0 spiro atoms. The highest BCUT2D eigenvalue weighted by atomic mass is 32.2. The van der Waals surface area contributed by atoms with Gasteiger partial charge in [0.2, 0.25) is 10.0 Å². The molecule has 11 heteroatoms. The number of hydrogen-bond donors (Lipinski definition) is 1. The van der Waals surface area contributed by atoms with Gasteiger partial charge in [-0.1, -0.05) is 23.7 Å². The van der Waals surface area contributed by atoms with Crippen LogP contribution in [0.15, 0.2) is 66.0 Å². The van der Waals surface area contributed by atoms with Crippen molar-refractivity contribution in [3.8, 4) is 0 Å². The van der Waals surface area contributed by atoms with E-state index in [4.69, 9.17) is 4.98 Å². The minimum atomic E-state index is -3.48. The van der Waals surface area contributed by atoms with E-state index in [0.29, 0.717) is 24.5 Å². The van der Waals surface area contributed by atoms with Crippen molar-refractivity contribution >= 4 is 48.1 Å². The third-order valence-corrected chi connectivity index (χ3v) is 8.31. The molecule has 4 aromatic rings. The van der Waals surface area contributed by atoms with Gasteiger partial charge in [-0.15, -0.1) is 0 Å². The summed E-state index contributed by atoms with van der Waals surface area (Å²) in [6.07, 6.45) is 6.87. The Morgan fingerprint density at radius 3 is 2.53 bits per heavy atom. The third-order valence-electron chi connectivity index (χ3n) is 6.40. The van der Waals surface area contributed by atoms with Crippen LogP contribution in [0.3, 0.4) is 0 Å². The number of sulfonamides is 1. The lowest BCUT2D eigenvalue weighted by Gasteiger charge is -2.31. The fourth-order valence-electron chi connectivity index (χ4n) is 4.37. The van der Waals surface area contributed by atoms with Gasteiger partial charge in [0.1, 0.15) is 21.5 Å². The van der Waals surface area contributed by atoms with E-state index < -0.39 is 10.0 Å². The number of rotatable bonds is 6. The lowest BCUT2D eigenvalue weighted by Crippen LogP contribution is -2.38. The number of pyridine rings is 1. The number of fused-ring (bicyclic) bond motifs is 1. The van der Waals surface area contributed by atoms with E-state index >= 15 is 0 Å². The van der Waals surface area contributed by atoms with E-state index in [1.165, 1.54) is 0 Å². The summed E-state index contributed by atoms with van der Waals surface area (Å²) in [6, 6.07) is 13.0. The van der Waals surface area contributed by atoms with Crippen molar-refractivity contribution in [1.82, 2.24) is 23.9 Å². The Morgan fingerprint density at radius 1 is 1.06 bits per heavy atom. The molecule has 0 saturated carbocycles. The third kappa shape index (κ3) is 4.45. The highest BCUT2D eigenvalue weighted by Crippen LogP contribution is 2.31. The lowest BCUT2D eigenvalue weighted by atomic mass is 9.94. The van der Waals surface area contributed by atoms with Crippen molar-refractivity contribution < 1.29 is 8.42 Å². The van der Waals surface area contributed by atoms with Gasteiger partial charge in [0.25, 0.3) is 0 Å². The summed E-state index contributed by atoms with van der Waals surface area (Å²) in [6.45, 7) is 1.58. The number of nitrogens with one attached hydrogen (secondary N) is 1. The van der Waals surface area contributed by atoms with Gasteiger partial charge >= 0.3 is 0 Å². The zero-order valence-corrected chi connectivity index (χ0v) is 20.2. The molecule has 5 rings (SSSR count). The maximum absolute atomic E-state index is 13.1. The van der Waals surface area contributed by atoms with Crippen LogP contribution in [-0.2, 0) is 16.6 Å². The molecule has 1 saturated heterocycles. The zero-order chi connectivity index (χ0) is 23.7. The molecule has 34 heavy (non-hydrogen) atoms. The second-order valence-electron chi connectivity index (χ2n) is 8.84. The van der Waals surface area contributed by atoms with Crippen LogP contribution >= 0.6 is 0 Å². The van der Waals surface area contributed by atoms with E-state index in [2.05, 4.69) is 15.4 Å². The summed E-state index contributed by atoms with van der Waals surface area (Å²) < 4.78 is 29.6. The van der Waals surface area contributed by atoms with Crippen LogP contribution in [-0.4, -0.2) is 61.1 Å². The van der Waals surface area contributed by atoms with Crippen LogP contribution in [0.25, 0.3) is 5.65 Å². The molecule has 0 atom stereocenters. The summed E-state index contributed by atoms with van der Waals surface area (Å²) in [5.41, 5.74) is 4.92. The summed E-state index contributed by atoms with van der Waals surface area (Å²) in [7, 11) is 0.469. The average Bonchev–Trinajstić information content (AvgIpc) is 3.24. The molecule has 0 bridgehead atoms. The highest BCUT2D eigenvalue weighted by Gasteiger charge is 2.31. The van der Waals surface area contributed by atoms with Gasteiger partial charge in [0, 0.05) is 55.9 Å². The van der Waals surface area contributed by atoms with Gasteiger partial charge in [0.05, 0.1) is 4.90 Å². The summed E-state index contributed by atoms with van der Waals surface area (Å²) >= 11 is 0. The van der Waals surface area contributed by atoms with E-state index in [0.717, 1.165) is 46.5 Å². The standard InChI is InChI=1S/C23H26B2N6O2S/c24-18-3-5-19(6-4-18)34(32,33)30-10-7-17(8-11-30)21-12-22(27-14-16-2-1-9-26-13-16)31-23(29-21)20(25)15-28-31/h1-6,9,12-13,15,17,27H,7-8,10-11,14,24-25H2. The van der Waals surface area contributed by atoms with Gasteiger partial charge < -0.3 is 5.32 Å². The number of nitrogens with zero attached hydrogens (tertiary/aromatic N) is 5. The van der Waals surface area contributed by atoms with Crippen LogP contribution in [0.2, 0.25) is 0 Å². The van der Waals surface area contributed by atoms with Crippen molar-refractivity contribution in [3.05, 3.63) is 72.3 Å². The minimum Gasteiger partial charge on any atom is -0.366 e. The first-order valence-corrected chi connectivity index (χ1v) is 12.9. The molecule has 1 fully saturated rings. The maximum atomic E-state index is 13.1. The van der Waals surface area contributed by atoms with Crippen LogP contribution < -0.4 is 16.2 Å². The Bertz CT molecular complexity index is 1400. The molecule has 1 aliphatic rings. The highest BCUT2D eigenvalue weighted by molar-refractivity contribution is 7.89. The maximum Gasteiger partial charge on any atom is 0.243 e. The quantitative estimate of drug-likeness (QED) is 0.392. The largest absolute Gasteiger partial charge is 0.366 e. The summed E-state index contributed by atoms with van der Waals surface area (Å²) in [4.78, 5) is 9.44. The van der Waals surface area contributed by atoms with Crippen LogP contribution in [0.1, 0.15) is 30.0 Å². The van der Waals surface area contributed by atoms with E-state index in [9.17, 15) is 8.42 Å². The molecule has 8 nitrogen and oxygen atoms in total. The number of anilines is 1. The van der Waals surface area contributed by atoms with Crippen molar-refractivity contribution in [2.75, 3.05) is 18.4 Å². The molecule has 0 unspecified atom stereocenters. The fraction of sp³-hybridized carbons (Fsp3) is 0.261. The van der Waals surface area contributed by atoms with E-state index in [-0.39, 0.29) is 5.92 Å². The van der Waals surface area contributed by atoms with Crippen molar-refractivity contribution in [3.63, 3.8) is 0 Å². The number of aromatic nitrogens is 4. The Kier molecular flexibility index (Phi) is 6.14. The van der Waals surface area contributed by atoms with Gasteiger partial charge in [-0.2, -0.15) is 13.9 Å².